The van der Waals surface area contributed by atoms with E-state index in [2.05, 4.69) is 10.3 Å². The Morgan fingerprint density at radius 1 is 1.50 bits per heavy atom. The third kappa shape index (κ3) is 5.01. The number of halogens is 1. The Labute approximate surface area is 110 Å². The molecule has 0 aliphatic heterocycles. The second-order valence-corrected chi connectivity index (χ2v) is 4.12. The van der Waals surface area contributed by atoms with Crippen LogP contribution in [-0.4, -0.2) is 42.1 Å². The molecule has 0 fully saturated rings. The van der Waals surface area contributed by atoms with Crippen molar-refractivity contribution in [1.82, 2.24) is 10.3 Å². The molecule has 0 bridgehead atoms. The van der Waals surface area contributed by atoms with E-state index in [1.54, 1.807) is 24.1 Å². The molecule has 1 aromatic heterocycles. The zero-order valence-electron chi connectivity index (χ0n) is 9.89. The molecule has 0 saturated heterocycles. The summed E-state index contributed by atoms with van der Waals surface area (Å²) in [4.78, 5) is 27.5. The number of nitrogens with one attached hydrogen (secondary N) is 1. The van der Waals surface area contributed by atoms with E-state index in [1.807, 2.05) is 0 Å². The van der Waals surface area contributed by atoms with Crippen LogP contribution in [0.5, 0.6) is 0 Å². The van der Waals surface area contributed by atoms with E-state index in [0.717, 1.165) is 0 Å². The minimum absolute atomic E-state index is 0.0886. The van der Waals surface area contributed by atoms with Gasteiger partial charge in [-0.1, -0.05) is 11.6 Å². The highest BCUT2D eigenvalue weighted by atomic mass is 35.5. The molecule has 1 heterocycles. The Morgan fingerprint density at radius 3 is 2.78 bits per heavy atom. The summed E-state index contributed by atoms with van der Waals surface area (Å²) in [6, 6.07) is 3.38. The predicted molar refractivity (Wildman–Crippen MR) is 67.8 cm³/mol. The summed E-state index contributed by atoms with van der Waals surface area (Å²) < 4.78 is 0. The van der Waals surface area contributed by atoms with Gasteiger partial charge >= 0.3 is 5.97 Å². The van der Waals surface area contributed by atoms with E-state index in [9.17, 15) is 9.59 Å². The summed E-state index contributed by atoms with van der Waals surface area (Å²) in [5.41, 5.74) is 0. The summed E-state index contributed by atoms with van der Waals surface area (Å²) in [6.07, 6.45) is 1.41. The summed E-state index contributed by atoms with van der Waals surface area (Å²) >= 11 is 5.70. The molecule has 0 radical (unpaired) electrons. The van der Waals surface area contributed by atoms with Gasteiger partial charge < -0.3 is 15.3 Å². The topological polar surface area (TPSA) is 82.5 Å². The first-order valence-electron chi connectivity index (χ1n) is 5.30. The van der Waals surface area contributed by atoms with Gasteiger partial charge in [-0.2, -0.15) is 0 Å². The first kappa shape index (κ1) is 14.2. The molecular formula is C11H14ClN3O3. The summed E-state index contributed by atoms with van der Waals surface area (Å²) in [6.45, 7) is 0.226. The number of anilines is 1. The van der Waals surface area contributed by atoms with Crippen molar-refractivity contribution in [3.8, 4) is 0 Å². The van der Waals surface area contributed by atoms with Crippen LogP contribution in [-0.2, 0) is 9.59 Å². The molecule has 0 aliphatic carbocycles. The number of hydrogen-bond acceptors (Lipinski definition) is 4. The molecule has 18 heavy (non-hydrogen) atoms. The lowest BCUT2D eigenvalue weighted by atomic mass is 10.4. The highest BCUT2D eigenvalue weighted by molar-refractivity contribution is 6.30. The van der Waals surface area contributed by atoms with E-state index < -0.39 is 5.97 Å². The van der Waals surface area contributed by atoms with Crippen LogP contribution in [0.3, 0.4) is 0 Å². The van der Waals surface area contributed by atoms with Gasteiger partial charge in [0.2, 0.25) is 5.91 Å². The van der Waals surface area contributed by atoms with Crippen LogP contribution in [0.15, 0.2) is 18.3 Å². The quantitative estimate of drug-likeness (QED) is 0.798. The molecule has 98 valence electrons. The van der Waals surface area contributed by atoms with E-state index >= 15 is 0 Å². The van der Waals surface area contributed by atoms with Crippen LogP contribution < -0.4 is 10.2 Å². The van der Waals surface area contributed by atoms with Gasteiger partial charge in [0.15, 0.2) is 0 Å². The number of hydrogen-bond donors (Lipinski definition) is 2. The number of likely N-dealkylation sites (N-methyl/N-ethyl adjacent to an activating group) is 1. The van der Waals surface area contributed by atoms with E-state index in [1.165, 1.54) is 6.20 Å². The van der Waals surface area contributed by atoms with Crippen molar-refractivity contribution in [3.63, 3.8) is 0 Å². The SMILES string of the molecule is CN(CC(=O)NCCC(=O)O)c1ccc(Cl)cn1. The second kappa shape index (κ2) is 6.80. The summed E-state index contributed by atoms with van der Waals surface area (Å²) in [5, 5.41) is 11.5. The number of aromatic nitrogens is 1. The van der Waals surface area contributed by atoms with Crippen molar-refractivity contribution < 1.29 is 14.7 Å². The number of amides is 1. The third-order valence-electron chi connectivity index (χ3n) is 2.14. The van der Waals surface area contributed by atoms with E-state index in [0.29, 0.717) is 10.8 Å². The summed E-state index contributed by atoms with van der Waals surface area (Å²) in [5.74, 6) is -0.577. The average Bonchev–Trinajstić information content (AvgIpc) is 2.29. The molecule has 1 amide bonds. The van der Waals surface area contributed by atoms with Crippen molar-refractivity contribution in [1.29, 1.82) is 0 Å². The van der Waals surface area contributed by atoms with Gasteiger partial charge in [-0.25, -0.2) is 4.98 Å². The van der Waals surface area contributed by atoms with Crippen LogP contribution in [0, 0.1) is 0 Å². The molecule has 0 spiro atoms. The van der Waals surface area contributed by atoms with Gasteiger partial charge in [0, 0.05) is 19.8 Å². The highest BCUT2D eigenvalue weighted by Gasteiger charge is 2.08. The van der Waals surface area contributed by atoms with Crippen LogP contribution in [0.2, 0.25) is 5.02 Å². The zero-order valence-corrected chi connectivity index (χ0v) is 10.6. The first-order valence-corrected chi connectivity index (χ1v) is 5.68. The number of carboxylic acids is 1. The minimum Gasteiger partial charge on any atom is -0.481 e. The Morgan fingerprint density at radius 2 is 2.22 bits per heavy atom. The molecule has 0 unspecified atom stereocenters. The standard InChI is InChI=1S/C11H14ClN3O3/c1-15(9-3-2-8(12)6-14-9)7-10(16)13-5-4-11(17)18/h2-3,6H,4-5,7H2,1H3,(H,13,16)(H,17,18). The molecular weight excluding hydrogens is 258 g/mol. The van der Waals surface area contributed by atoms with E-state index in [-0.39, 0.29) is 25.4 Å². The van der Waals surface area contributed by atoms with Crippen molar-refractivity contribution in [2.75, 3.05) is 25.0 Å². The lowest BCUT2D eigenvalue weighted by Gasteiger charge is -2.17. The van der Waals surface area contributed by atoms with Gasteiger partial charge in [-0.05, 0) is 12.1 Å². The number of carboxylic acid groups (broad SMARTS) is 1. The van der Waals surface area contributed by atoms with Gasteiger partial charge in [0.1, 0.15) is 5.82 Å². The largest absolute Gasteiger partial charge is 0.481 e. The van der Waals surface area contributed by atoms with E-state index in [4.69, 9.17) is 16.7 Å². The van der Waals surface area contributed by atoms with Crippen molar-refractivity contribution >= 4 is 29.3 Å². The monoisotopic (exact) mass is 271 g/mol. The Bertz CT molecular complexity index is 422. The number of carbonyl (C=O) groups is 2. The van der Waals surface area contributed by atoms with Crippen LogP contribution in [0.1, 0.15) is 6.42 Å². The van der Waals surface area contributed by atoms with Crippen molar-refractivity contribution in [3.05, 3.63) is 23.4 Å². The molecule has 1 aromatic rings. The normalized spacial score (nSPS) is 9.89. The smallest absolute Gasteiger partial charge is 0.305 e. The molecule has 0 aromatic carbocycles. The first-order chi connectivity index (χ1) is 8.49. The van der Waals surface area contributed by atoms with Crippen LogP contribution in [0.25, 0.3) is 0 Å². The lowest BCUT2D eigenvalue weighted by molar-refractivity contribution is -0.136. The second-order valence-electron chi connectivity index (χ2n) is 3.68. The fourth-order valence-corrected chi connectivity index (χ4v) is 1.37. The predicted octanol–water partition coefficient (Wildman–Crippen LogP) is 0.762. The highest BCUT2D eigenvalue weighted by Crippen LogP contribution is 2.12. The maximum atomic E-state index is 11.5. The number of pyridine rings is 1. The Hall–Kier alpha value is -1.82. The lowest BCUT2D eigenvalue weighted by Crippen LogP contribution is -2.36. The molecule has 0 saturated carbocycles. The van der Waals surface area contributed by atoms with Gasteiger partial charge in [0.25, 0.3) is 0 Å². The van der Waals surface area contributed by atoms with Crippen molar-refractivity contribution in [2.24, 2.45) is 0 Å². The minimum atomic E-state index is -0.942. The Balaban J connectivity index is 2.39. The van der Waals surface area contributed by atoms with Gasteiger partial charge in [-0.15, -0.1) is 0 Å². The number of aliphatic carboxylic acids is 1. The van der Waals surface area contributed by atoms with Gasteiger partial charge in [-0.3, -0.25) is 9.59 Å². The Kier molecular flexibility index (Phi) is 5.38. The van der Waals surface area contributed by atoms with Crippen LogP contribution in [0.4, 0.5) is 5.82 Å². The number of rotatable bonds is 6. The third-order valence-corrected chi connectivity index (χ3v) is 2.37. The fraction of sp³-hybridized carbons (Fsp3) is 0.364. The molecule has 1 rings (SSSR count). The molecule has 0 atom stereocenters. The average molecular weight is 272 g/mol. The number of nitrogens with zero attached hydrogens (tertiary/aromatic N) is 2. The maximum Gasteiger partial charge on any atom is 0.305 e. The molecule has 2 N–H and O–H groups in total. The van der Waals surface area contributed by atoms with Crippen LogP contribution >= 0.6 is 11.6 Å². The van der Waals surface area contributed by atoms with Gasteiger partial charge in [0.05, 0.1) is 18.0 Å². The zero-order chi connectivity index (χ0) is 13.5. The molecule has 0 aliphatic rings. The number of carbonyl (C=O) groups excluding carboxylic acids is 1. The molecule has 6 nitrogen and oxygen atoms in total. The maximum absolute atomic E-state index is 11.5. The van der Waals surface area contributed by atoms with Crippen molar-refractivity contribution in [2.45, 2.75) is 6.42 Å². The molecule has 7 heteroatoms. The fourth-order valence-electron chi connectivity index (χ4n) is 1.25. The summed E-state index contributed by atoms with van der Waals surface area (Å²) in [7, 11) is 1.72.